The molecule has 1 aromatic rings. The minimum absolute atomic E-state index is 0.00794. The maximum Gasteiger partial charge on any atom is 0.404 e. The molecule has 0 unspecified atom stereocenters. The predicted octanol–water partition coefficient (Wildman–Crippen LogP) is 2.77. The van der Waals surface area contributed by atoms with Gasteiger partial charge in [-0.1, -0.05) is 12.1 Å². The summed E-state index contributed by atoms with van der Waals surface area (Å²) in [5.41, 5.74) is 0.841. The molecule has 1 amide bonds. The van der Waals surface area contributed by atoms with E-state index in [1.54, 1.807) is 12.1 Å². The van der Waals surface area contributed by atoms with Gasteiger partial charge in [-0.05, 0) is 44.5 Å². The van der Waals surface area contributed by atoms with Crippen LogP contribution in [0.5, 0.6) is 5.75 Å². The van der Waals surface area contributed by atoms with Crippen LogP contribution in [0.15, 0.2) is 24.3 Å². The lowest BCUT2D eigenvalue weighted by molar-refractivity contribution is -0.188. The minimum atomic E-state index is -4.22. The number of nitrogens with one attached hydrogen (secondary N) is 1. The van der Waals surface area contributed by atoms with E-state index in [0.29, 0.717) is 13.0 Å². The van der Waals surface area contributed by atoms with E-state index in [0.717, 1.165) is 11.3 Å². The Kier molecular flexibility index (Phi) is 6.10. The van der Waals surface area contributed by atoms with Gasteiger partial charge in [0.1, 0.15) is 11.8 Å². The van der Waals surface area contributed by atoms with Gasteiger partial charge >= 0.3 is 6.18 Å². The predicted molar refractivity (Wildman–Crippen MR) is 85.0 cm³/mol. The van der Waals surface area contributed by atoms with Gasteiger partial charge in [0.05, 0.1) is 13.0 Å². The maximum atomic E-state index is 12.8. The van der Waals surface area contributed by atoms with Crippen LogP contribution in [0.1, 0.15) is 25.3 Å². The molecular formula is C17H23F3N2O2. The smallest absolute Gasteiger partial charge is 0.404 e. The van der Waals surface area contributed by atoms with Crippen LogP contribution in [0.4, 0.5) is 13.2 Å². The van der Waals surface area contributed by atoms with Gasteiger partial charge in [-0.2, -0.15) is 13.2 Å². The highest BCUT2D eigenvalue weighted by Gasteiger charge is 2.44. The van der Waals surface area contributed by atoms with Crippen molar-refractivity contribution >= 4 is 5.91 Å². The first-order valence-corrected chi connectivity index (χ1v) is 8.07. The number of nitrogens with zero attached hydrogens (tertiary/aromatic N) is 1. The zero-order chi connectivity index (χ0) is 17.7. The Bertz CT molecular complexity index is 546. The van der Waals surface area contributed by atoms with Crippen LogP contribution in [0.2, 0.25) is 0 Å². The summed E-state index contributed by atoms with van der Waals surface area (Å²) < 4.78 is 43.8. The molecule has 4 nitrogen and oxygen atoms in total. The first-order chi connectivity index (χ1) is 11.3. The highest BCUT2D eigenvalue weighted by molar-refractivity contribution is 5.78. The van der Waals surface area contributed by atoms with Gasteiger partial charge < -0.3 is 10.1 Å². The summed E-state index contributed by atoms with van der Waals surface area (Å²) in [6.45, 7) is 2.68. The second-order valence-corrected chi connectivity index (χ2v) is 6.09. The molecule has 1 fully saturated rings. The monoisotopic (exact) mass is 344 g/mol. The molecule has 1 saturated heterocycles. The summed E-state index contributed by atoms with van der Waals surface area (Å²) in [5.74, 6) is 0.566. The summed E-state index contributed by atoms with van der Waals surface area (Å²) in [4.78, 5) is 13.4. The van der Waals surface area contributed by atoms with E-state index in [2.05, 4.69) is 5.32 Å². The minimum Gasteiger partial charge on any atom is -0.494 e. The van der Waals surface area contributed by atoms with Gasteiger partial charge in [-0.3, -0.25) is 9.69 Å². The molecule has 7 heteroatoms. The van der Waals surface area contributed by atoms with Gasteiger partial charge in [-0.25, -0.2) is 0 Å². The Morgan fingerprint density at radius 2 is 1.96 bits per heavy atom. The van der Waals surface area contributed by atoms with Crippen molar-refractivity contribution in [3.05, 3.63) is 29.8 Å². The topological polar surface area (TPSA) is 41.6 Å². The van der Waals surface area contributed by atoms with Crippen molar-refractivity contribution in [3.63, 3.8) is 0 Å². The van der Waals surface area contributed by atoms with E-state index in [-0.39, 0.29) is 31.3 Å². The Balaban J connectivity index is 1.83. The second kappa shape index (κ2) is 7.88. The quantitative estimate of drug-likeness (QED) is 0.893. The molecule has 24 heavy (non-hydrogen) atoms. The SMILES string of the molecule is CCOc1ccc(CC(=O)N[C@@H]2CC[C@@H](C(F)(F)F)N(C)C2)cc1. The molecule has 1 N–H and O–H groups in total. The summed E-state index contributed by atoms with van der Waals surface area (Å²) in [7, 11) is 1.45. The van der Waals surface area contributed by atoms with Crippen LogP contribution in [-0.2, 0) is 11.2 Å². The molecule has 1 aliphatic heterocycles. The molecule has 0 aliphatic carbocycles. The number of ether oxygens (including phenoxy) is 1. The van der Waals surface area contributed by atoms with Crippen molar-refractivity contribution in [1.29, 1.82) is 0 Å². The van der Waals surface area contributed by atoms with E-state index in [1.807, 2.05) is 19.1 Å². The fourth-order valence-electron chi connectivity index (χ4n) is 3.01. The molecule has 0 spiro atoms. The third kappa shape index (κ3) is 5.12. The van der Waals surface area contributed by atoms with E-state index in [1.165, 1.54) is 11.9 Å². The zero-order valence-electron chi connectivity index (χ0n) is 13.9. The molecule has 0 radical (unpaired) electrons. The summed E-state index contributed by atoms with van der Waals surface area (Å²) in [5, 5.41) is 2.83. The lowest BCUT2D eigenvalue weighted by atomic mass is 9.98. The molecule has 1 aliphatic rings. The van der Waals surface area contributed by atoms with Crippen molar-refractivity contribution in [2.24, 2.45) is 0 Å². The van der Waals surface area contributed by atoms with Crippen LogP contribution in [0.25, 0.3) is 0 Å². The van der Waals surface area contributed by atoms with Crippen molar-refractivity contribution < 1.29 is 22.7 Å². The molecule has 2 rings (SSSR count). The zero-order valence-corrected chi connectivity index (χ0v) is 13.9. The number of carbonyl (C=O) groups excluding carboxylic acids is 1. The van der Waals surface area contributed by atoms with Crippen molar-refractivity contribution in [1.82, 2.24) is 10.2 Å². The number of likely N-dealkylation sites (tertiary alicyclic amines) is 1. The standard InChI is InChI=1S/C17H23F3N2O2/c1-3-24-14-7-4-12(5-8-14)10-16(23)21-13-6-9-15(17(18,19)20)22(2)11-13/h4-5,7-8,13,15H,3,6,9-11H2,1-2H3,(H,21,23)/t13-,15+/m1/s1. The largest absolute Gasteiger partial charge is 0.494 e. The normalized spacial score (nSPS) is 22.2. The van der Waals surface area contributed by atoms with Gasteiger partial charge in [0.2, 0.25) is 5.91 Å². The highest BCUT2D eigenvalue weighted by Crippen LogP contribution is 2.30. The number of benzene rings is 1. The van der Waals surface area contributed by atoms with Gasteiger partial charge in [0.25, 0.3) is 0 Å². The summed E-state index contributed by atoms with van der Waals surface area (Å²) >= 11 is 0. The fraction of sp³-hybridized carbons (Fsp3) is 0.588. The van der Waals surface area contributed by atoms with Crippen LogP contribution >= 0.6 is 0 Å². The first-order valence-electron chi connectivity index (χ1n) is 8.07. The van der Waals surface area contributed by atoms with Gasteiger partial charge in [-0.15, -0.1) is 0 Å². The number of halogens is 3. The Morgan fingerprint density at radius 3 is 2.50 bits per heavy atom. The van der Waals surface area contributed by atoms with Gasteiger partial charge in [0.15, 0.2) is 0 Å². The Hall–Kier alpha value is -1.76. The fourth-order valence-corrected chi connectivity index (χ4v) is 3.01. The number of alkyl halides is 3. The Labute approximate surface area is 140 Å². The van der Waals surface area contributed by atoms with Crippen LogP contribution in [0.3, 0.4) is 0 Å². The lowest BCUT2D eigenvalue weighted by Gasteiger charge is -2.38. The Morgan fingerprint density at radius 1 is 1.29 bits per heavy atom. The number of hydrogen-bond acceptors (Lipinski definition) is 3. The molecular weight excluding hydrogens is 321 g/mol. The maximum absolute atomic E-state index is 12.8. The molecule has 0 bridgehead atoms. The van der Waals surface area contributed by atoms with Crippen LogP contribution in [0, 0.1) is 0 Å². The molecule has 2 atom stereocenters. The first kappa shape index (κ1) is 18.6. The summed E-state index contributed by atoms with van der Waals surface area (Å²) in [6, 6.07) is 5.57. The van der Waals surface area contributed by atoms with E-state index in [9.17, 15) is 18.0 Å². The average Bonchev–Trinajstić information content (AvgIpc) is 2.48. The van der Waals surface area contributed by atoms with E-state index >= 15 is 0 Å². The number of hydrogen-bond donors (Lipinski definition) is 1. The number of amides is 1. The molecule has 1 heterocycles. The van der Waals surface area contributed by atoms with E-state index < -0.39 is 12.2 Å². The summed E-state index contributed by atoms with van der Waals surface area (Å²) in [6.07, 6.45) is -3.67. The average molecular weight is 344 g/mol. The van der Waals surface area contributed by atoms with E-state index in [4.69, 9.17) is 4.74 Å². The van der Waals surface area contributed by atoms with Crippen LogP contribution < -0.4 is 10.1 Å². The van der Waals surface area contributed by atoms with Crippen molar-refractivity contribution in [2.75, 3.05) is 20.2 Å². The second-order valence-electron chi connectivity index (χ2n) is 6.09. The highest BCUT2D eigenvalue weighted by atomic mass is 19.4. The third-order valence-electron chi connectivity index (χ3n) is 4.17. The van der Waals surface area contributed by atoms with Crippen molar-refractivity contribution in [2.45, 2.75) is 44.4 Å². The number of rotatable bonds is 5. The van der Waals surface area contributed by atoms with Gasteiger partial charge in [0, 0.05) is 12.6 Å². The lowest BCUT2D eigenvalue weighted by Crippen LogP contribution is -2.54. The molecule has 0 saturated carbocycles. The number of likely N-dealkylation sites (N-methyl/N-ethyl adjacent to an activating group) is 1. The third-order valence-corrected chi connectivity index (χ3v) is 4.17. The molecule has 1 aromatic carbocycles. The molecule has 134 valence electrons. The molecule has 0 aromatic heterocycles. The van der Waals surface area contributed by atoms with Crippen molar-refractivity contribution in [3.8, 4) is 5.75 Å². The number of carbonyl (C=O) groups is 1. The number of piperidine rings is 1. The van der Waals surface area contributed by atoms with Crippen LogP contribution in [-0.4, -0.2) is 49.3 Å².